The van der Waals surface area contributed by atoms with Crippen LogP contribution in [-0.2, 0) is 35.0 Å². The molecule has 0 saturated heterocycles. The average molecular weight is 481 g/mol. The lowest BCUT2D eigenvalue weighted by Crippen LogP contribution is -2.58. The van der Waals surface area contributed by atoms with Gasteiger partial charge in [-0.1, -0.05) is 12.1 Å². The maximum Gasteiger partial charge on any atom is 0.508 e. The van der Waals surface area contributed by atoms with E-state index in [-0.39, 0.29) is 41.7 Å². The maximum absolute atomic E-state index is 12.9. The summed E-state index contributed by atoms with van der Waals surface area (Å²) in [5, 5.41) is 16.5. The van der Waals surface area contributed by atoms with E-state index in [9.17, 15) is 24.5 Å². The minimum absolute atomic E-state index is 0.000963. The molecule has 0 radical (unpaired) electrons. The minimum Gasteiger partial charge on any atom is -0.463 e. The smallest absolute Gasteiger partial charge is 0.463 e. The van der Waals surface area contributed by atoms with Crippen molar-refractivity contribution in [3.05, 3.63) is 51.2 Å². The SMILES string of the molecule is CCOC(=O)C(OC(=O)OC)C1NC(=S)NC(C)=C1C(=O)OCCc1cccc([N+](=O)[O-])c1. The first-order valence-electron chi connectivity index (χ1n) is 9.77. The van der Waals surface area contributed by atoms with E-state index >= 15 is 0 Å². The van der Waals surface area contributed by atoms with E-state index in [0.29, 0.717) is 5.56 Å². The van der Waals surface area contributed by atoms with Gasteiger partial charge in [-0.15, -0.1) is 0 Å². The molecule has 1 aliphatic rings. The van der Waals surface area contributed by atoms with Crippen LogP contribution in [0.1, 0.15) is 19.4 Å². The van der Waals surface area contributed by atoms with Crippen LogP contribution in [0.15, 0.2) is 35.5 Å². The van der Waals surface area contributed by atoms with Crippen LogP contribution >= 0.6 is 12.2 Å². The number of methoxy groups -OCH3 is 1. The second kappa shape index (κ2) is 11.8. The molecule has 1 aliphatic heterocycles. The molecule has 2 rings (SSSR count). The Morgan fingerprint density at radius 2 is 2.00 bits per heavy atom. The number of hydrogen-bond donors (Lipinski definition) is 2. The molecule has 33 heavy (non-hydrogen) atoms. The van der Waals surface area contributed by atoms with Crippen molar-refractivity contribution in [1.82, 2.24) is 10.6 Å². The normalized spacial score (nSPS) is 16.1. The summed E-state index contributed by atoms with van der Waals surface area (Å²) in [5.41, 5.74) is 0.763. The van der Waals surface area contributed by atoms with E-state index in [1.807, 2.05) is 0 Å². The molecule has 0 fully saturated rings. The number of nitro groups is 1. The predicted octanol–water partition coefficient (Wildman–Crippen LogP) is 1.52. The van der Waals surface area contributed by atoms with Crippen molar-refractivity contribution >= 4 is 41.1 Å². The minimum atomic E-state index is -1.59. The Kier molecular flexibility index (Phi) is 9.09. The van der Waals surface area contributed by atoms with Gasteiger partial charge in [0.15, 0.2) is 5.11 Å². The van der Waals surface area contributed by atoms with Crippen LogP contribution in [0, 0.1) is 10.1 Å². The fraction of sp³-hybridized carbons (Fsp3) is 0.400. The van der Waals surface area contributed by atoms with Crippen LogP contribution < -0.4 is 10.6 Å². The molecule has 0 bridgehead atoms. The number of hydrogen-bond acceptors (Lipinski definition) is 10. The molecule has 12 nitrogen and oxygen atoms in total. The Morgan fingerprint density at radius 3 is 2.64 bits per heavy atom. The van der Waals surface area contributed by atoms with E-state index in [1.165, 1.54) is 25.1 Å². The van der Waals surface area contributed by atoms with E-state index < -0.39 is 35.2 Å². The third-order valence-electron chi connectivity index (χ3n) is 4.48. The van der Waals surface area contributed by atoms with Gasteiger partial charge in [-0.25, -0.2) is 14.4 Å². The van der Waals surface area contributed by atoms with Crippen LogP contribution in [-0.4, -0.2) is 60.6 Å². The predicted molar refractivity (Wildman–Crippen MR) is 117 cm³/mol. The van der Waals surface area contributed by atoms with Crippen molar-refractivity contribution in [3.63, 3.8) is 0 Å². The highest BCUT2D eigenvalue weighted by molar-refractivity contribution is 7.80. The van der Waals surface area contributed by atoms with Gasteiger partial charge in [0, 0.05) is 24.3 Å². The van der Waals surface area contributed by atoms with Gasteiger partial charge in [0.05, 0.1) is 30.8 Å². The number of benzene rings is 1. The Morgan fingerprint density at radius 1 is 1.27 bits per heavy atom. The fourth-order valence-electron chi connectivity index (χ4n) is 3.02. The molecular weight excluding hydrogens is 458 g/mol. The number of ether oxygens (including phenoxy) is 4. The molecule has 178 valence electrons. The van der Waals surface area contributed by atoms with E-state index in [2.05, 4.69) is 15.4 Å². The first-order valence-corrected chi connectivity index (χ1v) is 10.2. The van der Waals surface area contributed by atoms with Crippen LogP contribution in [0.5, 0.6) is 0 Å². The molecule has 2 atom stereocenters. The molecule has 0 aliphatic carbocycles. The molecule has 1 heterocycles. The lowest BCUT2D eigenvalue weighted by molar-refractivity contribution is -0.384. The molecule has 2 N–H and O–H groups in total. The van der Waals surface area contributed by atoms with Crippen molar-refractivity contribution in [2.24, 2.45) is 0 Å². The van der Waals surface area contributed by atoms with Crippen LogP contribution in [0.3, 0.4) is 0 Å². The van der Waals surface area contributed by atoms with Crippen molar-refractivity contribution < 1.29 is 38.3 Å². The summed E-state index contributed by atoms with van der Waals surface area (Å²) >= 11 is 5.11. The highest BCUT2D eigenvalue weighted by atomic mass is 32.1. The van der Waals surface area contributed by atoms with Gasteiger partial charge in [0.25, 0.3) is 5.69 Å². The fourth-order valence-corrected chi connectivity index (χ4v) is 3.30. The lowest BCUT2D eigenvalue weighted by Gasteiger charge is -2.32. The van der Waals surface area contributed by atoms with E-state index in [1.54, 1.807) is 13.0 Å². The van der Waals surface area contributed by atoms with Crippen molar-refractivity contribution in [2.45, 2.75) is 32.4 Å². The summed E-state index contributed by atoms with van der Waals surface area (Å²) in [6, 6.07) is 4.72. The molecule has 1 aromatic carbocycles. The van der Waals surface area contributed by atoms with Crippen LogP contribution in [0.4, 0.5) is 10.5 Å². The zero-order valence-electron chi connectivity index (χ0n) is 18.1. The number of nitrogens with zero attached hydrogens (tertiary/aromatic N) is 1. The summed E-state index contributed by atoms with van der Waals surface area (Å²) in [6.07, 6.45) is -2.54. The number of thiocarbonyl (C=S) groups is 1. The van der Waals surface area contributed by atoms with Crippen molar-refractivity contribution in [1.29, 1.82) is 0 Å². The molecule has 0 spiro atoms. The summed E-state index contributed by atoms with van der Waals surface area (Å²) in [4.78, 5) is 47.5. The van der Waals surface area contributed by atoms with Crippen molar-refractivity contribution in [2.75, 3.05) is 20.3 Å². The number of non-ortho nitro benzene ring substituents is 1. The lowest BCUT2D eigenvalue weighted by atomic mass is 9.97. The summed E-state index contributed by atoms with van der Waals surface area (Å²) in [5.74, 6) is -1.73. The Bertz CT molecular complexity index is 979. The third kappa shape index (κ3) is 6.87. The largest absolute Gasteiger partial charge is 0.508 e. The quantitative estimate of drug-likeness (QED) is 0.173. The Balaban J connectivity index is 2.21. The average Bonchev–Trinajstić information content (AvgIpc) is 2.76. The highest BCUT2D eigenvalue weighted by Gasteiger charge is 2.42. The van der Waals surface area contributed by atoms with Gasteiger partial charge in [-0.3, -0.25) is 10.1 Å². The van der Waals surface area contributed by atoms with Gasteiger partial charge >= 0.3 is 18.1 Å². The Hall–Kier alpha value is -3.74. The number of allylic oxidation sites excluding steroid dienone is 1. The van der Waals surface area contributed by atoms with Gasteiger partial charge in [0.1, 0.15) is 6.04 Å². The van der Waals surface area contributed by atoms with Crippen LogP contribution in [0.2, 0.25) is 0 Å². The van der Waals surface area contributed by atoms with Gasteiger partial charge in [0.2, 0.25) is 6.10 Å². The maximum atomic E-state index is 12.9. The zero-order chi connectivity index (χ0) is 24.5. The molecule has 0 amide bonds. The molecule has 1 aromatic rings. The first kappa shape index (κ1) is 25.5. The summed E-state index contributed by atoms with van der Waals surface area (Å²) in [7, 11) is 1.06. The van der Waals surface area contributed by atoms with Crippen LogP contribution in [0.25, 0.3) is 0 Å². The standard InChI is InChI=1S/C20H23N3O9S/c1-4-30-18(25)16(32-20(26)29-3)15-14(11(2)21-19(33)22-15)17(24)31-9-8-12-6-5-7-13(10-12)23(27)28/h5-7,10,15-16H,4,8-9H2,1-3H3,(H2,21,22,33). The molecule has 2 unspecified atom stereocenters. The molecule has 0 aromatic heterocycles. The number of carbonyl (C=O) groups excluding carboxylic acids is 3. The molecular formula is C20H23N3O9S. The number of esters is 2. The monoisotopic (exact) mass is 481 g/mol. The first-order chi connectivity index (χ1) is 15.7. The van der Waals surface area contributed by atoms with Gasteiger partial charge in [-0.05, 0) is 31.6 Å². The van der Waals surface area contributed by atoms with E-state index in [4.69, 9.17) is 26.4 Å². The highest BCUT2D eigenvalue weighted by Crippen LogP contribution is 2.21. The second-order valence-electron chi connectivity index (χ2n) is 6.67. The molecule has 0 saturated carbocycles. The number of nitrogens with one attached hydrogen (secondary N) is 2. The van der Waals surface area contributed by atoms with Crippen molar-refractivity contribution in [3.8, 4) is 0 Å². The van der Waals surface area contributed by atoms with E-state index in [0.717, 1.165) is 7.11 Å². The topological polar surface area (TPSA) is 155 Å². The van der Waals surface area contributed by atoms with Gasteiger partial charge in [-0.2, -0.15) is 0 Å². The number of carbonyl (C=O) groups is 3. The second-order valence-corrected chi connectivity index (χ2v) is 7.08. The summed E-state index contributed by atoms with van der Waals surface area (Å²) in [6.45, 7) is 3.01. The Labute approximate surface area is 194 Å². The number of nitro benzene ring substituents is 1. The third-order valence-corrected chi connectivity index (χ3v) is 4.70. The number of rotatable bonds is 9. The van der Waals surface area contributed by atoms with Gasteiger partial charge < -0.3 is 29.6 Å². The molecule has 13 heteroatoms. The summed E-state index contributed by atoms with van der Waals surface area (Å²) < 4.78 is 19.8. The zero-order valence-corrected chi connectivity index (χ0v) is 18.9.